The standard InChI is InChI=1S/C20H23ClN2O2S/c1-12-9-13(2)19(14(3)10-12)23-20(25)15(4)26-11-18(24)22-17-7-5-16(21)6-8-17/h5-10,15H,11H2,1-4H3,(H,22,24)(H,23,25). The van der Waals surface area contributed by atoms with Gasteiger partial charge in [-0.1, -0.05) is 29.3 Å². The smallest absolute Gasteiger partial charge is 0.237 e. The van der Waals surface area contributed by atoms with Gasteiger partial charge in [0.05, 0.1) is 11.0 Å². The third-order valence-electron chi connectivity index (χ3n) is 3.89. The minimum Gasteiger partial charge on any atom is -0.325 e. The van der Waals surface area contributed by atoms with E-state index < -0.39 is 0 Å². The van der Waals surface area contributed by atoms with Crippen molar-refractivity contribution in [3.63, 3.8) is 0 Å². The molecule has 6 heteroatoms. The Morgan fingerprint density at radius 3 is 2.19 bits per heavy atom. The molecule has 1 atom stereocenters. The molecule has 0 saturated heterocycles. The first-order valence-electron chi connectivity index (χ1n) is 8.32. The second-order valence-electron chi connectivity index (χ2n) is 6.27. The van der Waals surface area contributed by atoms with Crippen LogP contribution in [0, 0.1) is 20.8 Å². The van der Waals surface area contributed by atoms with Crippen molar-refractivity contribution in [2.45, 2.75) is 32.9 Å². The lowest BCUT2D eigenvalue weighted by Crippen LogP contribution is -2.25. The van der Waals surface area contributed by atoms with Gasteiger partial charge in [-0.2, -0.15) is 0 Å². The van der Waals surface area contributed by atoms with Gasteiger partial charge in [0.2, 0.25) is 11.8 Å². The molecule has 0 aliphatic carbocycles. The molecule has 4 nitrogen and oxygen atoms in total. The van der Waals surface area contributed by atoms with Crippen molar-refractivity contribution in [3.05, 3.63) is 58.1 Å². The van der Waals surface area contributed by atoms with Crippen molar-refractivity contribution in [1.29, 1.82) is 0 Å². The fourth-order valence-corrected chi connectivity index (χ4v) is 3.42. The number of rotatable bonds is 6. The van der Waals surface area contributed by atoms with Crippen molar-refractivity contribution in [2.24, 2.45) is 0 Å². The highest BCUT2D eigenvalue weighted by Crippen LogP contribution is 2.23. The van der Waals surface area contributed by atoms with Gasteiger partial charge in [-0.3, -0.25) is 9.59 Å². The summed E-state index contributed by atoms with van der Waals surface area (Å²) in [5.74, 6) is -0.0627. The molecule has 26 heavy (non-hydrogen) atoms. The summed E-state index contributed by atoms with van der Waals surface area (Å²) in [5, 5.41) is 6.04. The Hall–Kier alpha value is -1.98. The van der Waals surface area contributed by atoms with Crippen molar-refractivity contribution in [3.8, 4) is 0 Å². The molecule has 2 N–H and O–H groups in total. The Bertz CT molecular complexity index is 783. The highest BCUT2D eigenvalue weighted by atomic mass is 35.5. The van der Waals surface area contributed by atoms with Crippen LogP contribution in [0.15, 0.2) is 36.4 Å². The molecule has 0 aliphatic heterocycles. The Morgan fingerprint density at radius 1 is 1.04 bits per heavy atom. The first-order valence-corrected chi connectivity index (χ1v) is 9.74. The van der Waals surface area contributed by atoms with Gasteiger partial charge in [0.25, 0.3) is 0 Å². The fraction of sp³-hybridized carbons (Fsp3) is 0.300. The number of hydrogen-bond acceptors (Lipinski definition) is 3. The number of halogens is 1. The number of amides is 2. The number of carbonyl (C=O) groups excluding carboxylic acids is 2. The molecule has 0 bridgehead atoms. The number of thioether (sulfide) groups is 1. The van der Waals surface area contributed by atoms with E-state index in [1.807, 2.05) is 32.9 Å². The molecule has 2 aromatic rings. The van der Waals surface area contributed by atoms with Crippen LogP contribution in [0.3, 0.4) is 0 Å². The normalized spacial score (nSPS) is 11.7. The Labute approximate surface area is 163 Å². The number of aryl methyl sites for hydroxylation is 3. The lowest BCUT2D eigenvalue weighted by molar-refractivity contribution is -0.115. The second-order valence-corrected chi connectivity index (χ2v) is 8.04. The molecule has 2 aromatic carbocycles. The summed E-state index contributed by atoms with van der Waals surface area (Å²) in [7, 11) is 0. The van der Waals surface area contributed by atoms with Gasteiger partial charge < -0.3 is 10.6 Å². The predicted molar refractivity (Wildman–Crippen MR) is 111 cm³/mol. The Morgan fingerprint density at radius 2 is 1.62 bits per heavy atom. The number of hydrogen-bond donors (Lipinski definition) is 2. The molecule has 0 fully saturated rings. The molecule has 0 saturated carbocycles. The van der Waals surface area contributed by atoms with E-state index in [0.29, 0.717) is 10.7 Å². The number of carbonyl (C=O) groups is 2. The van der Waals surface area contributed by atoms with Crippen molar-refractivity contribution in [1.82, 2.24) is 0 Å². The van der Waals surface area contributed by atoms with Crippen LogP contribution in [0.5, 0.6) is 0 Å². The summed E-state index contributed by atoms with van der Waals surface area (Å²) in [6.07, 6.45) is 0. The van der Waals surface area contributed by atoms with E-state index in [2.05, 4.69) is 10.6 Å². The highest BCUT2D eigenvalue weighted by Gasteiger charge is 2.17. The molecule has 0 radical (unpaired) electrons. The van der Waals surface area contributed by atoms with E-state index in [1.165, 1.54) is 17.3 Å². The first kappa shape index (κ1) is 20.3. The van der Waals surface area contributed by atoms with Gasteiger partial charge >= 0.3 is 0 Å². The van der Waals surface area contributed by atoms with E-state index in [4.69, 9.17) is 11.6 Å². The maximum Gasteiger partial charge on any atom is 0.237 e. The van der Waals surface area contributed by atoms with E-state index >= 15 is 0 Å². The quantitative estimate of drug-likeness (QED) is 0.732. The summed E-state index contributed by atoms with van der Waals surface area (Å²) >= 11 is 7.12. The third kappa shape index (κ3) is 5.78. The summed E-state index contributed by atoms with van der Waals surface area (Å²) in [4.78, 5) is 24.5. The van der Waals surface area contributed by atoms with Gasteiger partial charge in [-0.25, -0.2) is 0 Å². The SMILES string of the molecule is Cc1cc(C)c(NC(=O)C(C)SCC(=O)Nc2ccc(Cl)cc2)c(C)c1. The second kappa shape index (κ2) is 9.10. The zero-order valence-electron chi connectivity index (χ0n) is 15.4. The van der Waals surface area contributed by atoms with Crippen LogP contribution in [0.1, 0.15) is 23.6 Å². The van der Waals surface area contributed by atoms with Crippen LogP contribution in [0.2, 0.25) is 5.02 Å². The summed E-state index contributed by atoms with van der Waals surface area (Å²) < 4.78 is 0. The predicted octanol–water partition coefficient (Wildman–Crippen LogP) is 4.96. The molecular formula is C20H23ClN2O2S. The van der Waals surface area contributed by atoms with E-state index in [0.717, 1.165) is 16.8 Å². The van der Waals surface area contributed by atoms with Gasteiger partial charge in [0.15, 0.2) is 0 Å². The Balaban J connectivity index is 1.87. The van der Waals surface area contributed by atoms with Gasteiger partial charge in [-0.15, -0.1) is 11.8 Å². The zero-order valence-corrected chi connectivity index (χ0v) is 16.9. The molecule has 2 amide bonds. The lowest BCUT2D eigenvalue weighted by atomic mass is 10.1. The van der Waals surface area contributed by atoms with Crippen LogP contribution in [-0.2, 0) is 9.59 Å². The van der Waals surface area contributed by atoms with Crippen molar-refractivity contribution >= 4 is 46.6 Å². The molecule has 138 valence electrons. The minimum absolute atomic E-state index is 0.107. The zero-order chi connectivity index (χ0) is 19.3. The average molecular weight is 391 g/mol. The Kier molecular flexibility index (Phi) is 7.12. The monoisotopic (exact) mass is 390 g/mol. The maximum absolute atomic E-state index is 12.4. The molecule has 0 aromatic heterocycles. The minimum atomic E-state index is -0.342. The summed E-state index contributed by atoms with van der Waals surface area (Å²) in [5.41, 5.74) is 4.77. The van der Waals surface area contributed by atoms with Crippen molar-refractivity contribution < 1.29 is 9.59 Å². The average Bonchev–Trinajstić information content (AvgIpc) is 2.57. The van der Waals surface area contributed by atoms with Gasteiger partial charge in [-0.05, 0) is 63.1 Å². The number of anilines is 2. The highest BCUT2D eigenvalue weighted by molar-refractivity contribution is 8.01. The maximum atomic E-state index is 12.4. The fourth-order valence-electron chi connectivity index (χ4n) is 2.61. The number of benzene rings is 2. The van der Waals surface area contributed by atoms with E-state index in [-0.39, 0.29) is 22.8 Å². The largest absolute Gasteiger partial charge is 0.325 e. The first-order chi connectivity index (χ1) is 12.3. The van der Waals surface area contributed by atoms with Crippen LogP contribution < -0.4 is 10.6 Å². The molecule has 1 unspecified atom stereocenters. The lowest BCUT2D eigenvalue weighted by Gasteiger charge is -2.16. The van der Waals surface area contributed by atoms with Crippen LogP contribution >= 0.6 is 23.4 Å². The molecule has 2 rings (SSSR count). The van der Waals surface area contributed by atoms with Crippen LogP contribution in [0.25, 0.3) is 0 Å². The molecule has 0 spiro atoms. The van der Waals surface area contributed by atoms with Gasteiger partial charge in [0, 0.05) is 16.4 Å². The van der Waals surface area contributed by atoms with Crippen LogP contribution in [0.4, 0.5) is 11.4 Å². The van der Waals surface area contributed by atoms with E-state index in [9.17, 15) is 9.59 Å². The summed E-state index contributed by atoms with van der Waals surface area (Å²) in [6, 6.07) is 11.0. The third-order valence-corrected chi connectivity index (χ3v) is 5.28. The summed E-state index contributed by atoms with van der Waals surface area (Å²) in [6.45, 7) is 7.79. The van der Waals surface area contributed by atoms with E-state index in [1.54, 1.807) is 31.2 Å². The molecular weight excluding hydrogens is 368 g/mol. The van der Waals surface area contributed by atoms with Crippen molar-refractivity contribution in [2.75, 3.05) is 16.4 Å². The van der Waals surface area contributed by atoms with Crippen LogP contribution in [-0.4, -0.2) is 22.8 Å². The topological polar surface area (TPSA) is 58.2 Å². The molecule has 0 heterocycles. The number of nitrogens with one attached hydrogen (secondary N) is 2. The molecule has 0 aliphatic rings. The van der Waals surface area contributed by atoms with Gasteiger partial charge in [0.1, 0.15) is 0 Å².